The molecule has 0 radical (unpaired) electrons. The third kappa shape index (κ3) is 5.17. The van der Waals surface area contributed by atoms with Crippen LogP contribution >= 0.6 is 0 Å². The van der Waals surface area contributed by atoms with Crippen LogP contribution in [0.1, 0.15) is 51.8 Å². The van der Waals surface area contributed by atoms with E-state index in [-0.39, 0.29) is 0 Å². The first-order valence-electron chi connectivity index (χ1n) is 6.19. The first-order chi connectivity index (χ1) is 8.28. The van der Waals surface area contributed by atoms with Gasteiger partial charge in [-0.15, -0.1) is 0 Å². The van der Waals surface area contributed by atoms with Gasteiger partial charge in [0.1, 0.15) is 5.60 Å². The van der Waals surface area contributed by atoms with Crippen LogP contribution in [0.5, 0.6) is 0 Å². The summed E-state index contributed by atoms with van der Waals surface area (Å²) in [6.45, 7) is 10.1. The first-order valence-corrected chi connectivity index (χ1v) is 6.19. The summed E-state index contributed by atoms with van der Waals surface area (Å²) in [6.07, 6.45) is 1.38. The Morgan fingerprint density at radius 1 is 1.39 bits per heavy atom. The molecule has 0 saturated heterocycles. The van der Waals surface area contributed by atoms with Gasteiger partial charge in [0.2, 0.25) is 0 Å². The van der Waals surface area contributed by atoms with Crippen molar-refractivity contribution in [2.75, 3.05) is 0 Å². The Hall–Kier alpha value is -1.58. The van der Waals surface area contributed by atoms with Gasteiger partial charge in [0.05, 0.1) is 0 Å². The minimum absolute atomic E-state index is 0.407. The van der Waals surface area contributed by atoms with E-state index in [9.17, 15) is 4.79 Å². The standard InChI is InChI=1S/C14H22N2O2/c1-10(2)12-7-6-11(8-15-12)9-16-13(17)18-14(3,4)5/h6-8,10H,9H2,1-5H3,(H,16,17). The molecule has 1 rings (SSSR count). The number of carbonyl (C=O) groups excluding carboxylic acids is 1. The lowest BCUT2D eigenvalue weighted by Crippen LogP contribution is -2.32. The molecule has 0 fully saturated rings. The smallest absolute Gasteiger partial charge is 0.407 e. The number of alkyl carbamates (subject to hydrolysis) is 1. The molecule has 4 nitrogen and oxygen atoms in total. The molecule has 100 valence electrons. The van der Waals surface area contributed by atoms with Gasteiger partial charge < -0.3 is 10.1 Å². The zero-order valence-corrected chi connectivity index (χ0v) is 11.8. The van der Waals surface area contributed by atoms with Crippen LogP contribution in [0.2, 0.25) is 0 Å². The second-order valence-corrected chi connectivity index (χ2v) is 5.60. The highest BCUT2D eigenvalue weighted by Crippen LogP contribution is 2.11. The van der Waals surface area contributed by atoms with E-state index in [1.54, 1.807) is 6.20 Å². The fraction of sp³-hybridized carbons (Fsp3) is 0.571. The summed E-state index contributed by atoms with van der Waals surface area (Å²) in [7, 11) is 0. The Bertz CT molecular complexity index is 391. The Kier molecular flexibility index (Phi) is 4.70. The minimum atomic E-state index is -0.468. The molecule has 1 N–H and O–H groups in total. The minimum Gasteiger partial charge on any atom is -0.444 e. The molecule has 0 bridgehead atoms. The molecule has 0 aliphatic carbocycles. The maximum absolute atomic E-state index is 11.5. The van der Waals surface area contributed by atoms with Crippen LogP contribution in [0.4, 0.5) is 4.79 Å². The summed E-state index contributed by atoms with van der Waals surface area (Å²) >= 11 is 0. The Balaban J connectivity index is 2.46. The van der Waals surface area contributed by atoms with E-state index in [0.29, 0.717) is 12.5 Å². The highest BCUT2D eigenvalue weighted by Gasteiger charge is 2.15. The van der Waals surface area contributed by atoms with Crippen LogP contribution in [0, 0.1) is 0 Å². The summed E-state index contributed by atoms with van der Waals surface area (Å²) in [5.74, 6) is 0.415. The lowest BCUT2D eigenvalue weighted by atomic mass is 10.1. The number of pyridine rings is 1. The number of hydrogen-bond donors (Lipinski definition) is 1. The maximum Gasteiger partial charge on any atom is 0.407 e. The quantitative estimate of drug-likeness (QED) is 0.896. The van der Waals surface area contributed by atoms with Crippen molar-refractivity contribution < 1.29 is 9.53 Å². The van der Waals surface area contributed by atoms with Crippen molar-refractivity contribution in [1.82, 2.24) is 10.3 Å². The SMILES string of the molecule is CC(C)c1ccc(CNC(=O)OC(C)(C)C)cn1. The van der Waals surface area contributed by atoms with E-state index >= 15 is 0 Å². The van der Waals surface area contributed by atoms with Gasteiger partial charge in [0.15, 0.2) is 0 Å². The van der Waals surface area contributed by atoms with Crippen molar-refractivity contribution in [2.45, 2.75) is 52.7 Å². The zero-order chi connectivity index (χ0) is 13.8. The molecule has 0 aliphatic heterocycles. The van der Waals surface area contributed by atoms with E-state index in [1.807, 2.05) is 32.9 Å². The average molecular weight is 250 g/mol. The molecule has 1 amide bonds. The summed E-state index contributed by atoms with van der Waals surface area (Å²) in [5, 5.41) is 2.70. The molecule has 0 unspecified atom stereocenters. The molecule has 0 aromatic carbocycles. The number of amides is 1. The van der Waals surface area contributed by atoms with Crippen LogP contribution < -0.4 is 5.32 Å². The van der Waals surface area contributed by atoms with Crippen LogP contribution in [0.3, 0.4) is 0 Å². The summed E-state index contributed by atoms with van der Waals surface area (Å²) in [5.41, 5.74) is 1.55. The third-order valence-electron chi connectivity index (χ3n) is 2.27. The van der Waals surface area contributed by atoms with E-state index in [2.05, 4.69) is 24.1 Å². The van der Waals surface area contributed by atoms with Gasteiger partial charge in [0, 0.05) is 18.4 Å². The third-order valence-corrected chi connectivity index (χ3v) is 2.27. The molecule has 0 spiro atoms. The van der Waals surface area contributed by atoms with Gasteiger partial charge in [-0.05, 0) is 38.3 Å². The van der Waals surface area contributed by atoms with Gasteiger partial charge in [0.25, 0.3) is 0 Å². The Morgan fingerprint density at radius 2 is 2.06 bits per heavy atom. The zero-order valence-electron chi connectivity index (χ0n) is 11.8. The molecule has 4 heteroatoms. The lowest BCUT2D eigenvalue weighted by molar-refractivity contribution is 0.0523. The number of hydrogen-bond acceptors (Lipinski definition) is 3. The van der Waals surface area contributed by atoms with Crippen LogP contribution in [0.15, 0.2) is 18.3 Å². The van der Waals surface area contributed by atoms with Crippen molar-refractivity contribution in [3.8, 4) is 0 Å². The van der Waals surface area contributed by atoms with Gasteiger partial charge in [-0.3, -0.25) is 4.98 Å². The maximum atomic E-state index is 11.5. The fourth-order valence-electron chi connectivity index (χ4n) is 1.37. The normalized spacial score (nSPS) is 11.4. The molecule has 0 saturated carbocycles. The topological polar surface area (TPSA) is 51.2 Å². The van der Waals surface area contributed by atoms with Crippen molar-refractivity contribution >= 4 is 6.09 Å². The van der Waals surface area contributed by atoms with E-state index < -0.39 is 11.7 Å². The monoisotopic (exact) mass is 250 g/mol. The largest absolute Gasteiger partial charge is 0.444 e. The first kappa shape index (κ1) is 14.5. The number of ether oxygens (including phenoxy) is 1. The molecule has 18 heavy (non-hydrogen) atoms. The van der Waals surface area contributed by atoms with E-state index in [1.165, 1.54) is 0 Å². The Morgan fingerprint density at radius 3 is 2.50 bits per heavy atom. The second kappa shape index (κ2) is 5.85. The number of nitrogens with one attached hydrogen (secondary N) is 1. The number of nitrogens with zero attached hydrogens (tertiary/aromatic N) is 1. The van der Waals surface area contributed by atoms with Gasteiger partial charge in [-0.1, -0.05) is 19.9 Å². The number of rotatable bonds is 3. The van der Waals surface area contributed by atoms with Crippen LogP contribution in [-0.4, -0.2) is 16.7 Å². The summed E-state index contributed by atoms with van der Waals surface area (Å²) < 4.78 is 5.15. The molecular formula is C14H22N2O2. The molecule has 0 aliphatic rings. The molecule has 1 aromatic heterocycles. The molecule has 1 aromatic rings. The van der Waals surface area contributed by atoms with E-state index in [0.717, 1.165) is 11.3 Å². The van der Waals surface area contributed by atoms with Crippen molar-refractivity contribution in [3.63, 3.8) is 0 Å². The Labute approximate surface area is 109 Å². The fourth-order valence-corrected chi connectivity index (χ4v) is 1.37. The van der Waals surface area contributed by atoms with Crippen molar-refractivity contribution in [1.29, 1.82) is 0 Å². The van der Waals surface area contributed by atoms with Gasteiger partial charge >= 0.3 is 6.09 Å². The van der Waals surface area contributed by atoms with Gasteiger partial charge in [-0.25, -0.2) is 4.79 Å². The summed E-state index contributed by atoms with van der Waals surface area (Å²) in [4.78, 5) is 15.8. The van der Waals surface area contributed by atoms with E-state index in [4.69, 9.17) is 4.74 Å². The highest BCUT2D eigenvalue weighted by atomic mass is 16.6. The second-order valence-electron chi connectivity index (χ2n) is 5.60. The number of aromatic nitrogens is 1. The predicted octanol–water partition coefficient (Wildman–Crippen LogP) is 3.23. The number of carbonyl (C=O) groups is 1. The predicted molar refractivity (Wildman–Crippen MR) is 71.4 cm³/mol. The highest BCUT2D eigenvalue weighted by molar-refractivity contribution is 5.67. The molecule has 1 heterocycles. The van der Waals surface area contributed by atoms with Crippen LogP contribution in [0.25, 0.3) is 0 Å². The van der Waals surface area contributed by atoms with Crippen molar-refractivity contribution in [3.05, 3.63) is 29.6 Å². The average Bonchev–Trinajstić information content (AvgIpc) is 2.24. The molecular weight excluding hydrogens is 228 g/mol. The van der Waals surface area contributed by atoms with Crippen LogP contribution in [-0.2, 0) is 11.3 Å². The summed E-state index contributed by atoms with van der Waals surface area (Å²) in [6, 6.07) is 3.95. The molecule has 0 atom stereocenters. The van der Waals surface area contributed by atoms with Gasteiger partial charge in [-0.2, -0.15) is 0 Å². The van der Waals surface area contributed by atoms with Crippen molar-refractivity contribution in [2.24, 2.45) is 0 Å². The lowest BCUT2D eigenvalue weighted by Gasteiger charge is -2.19.